The minimum atomic E-state index is -4.18. The van der Waals surface area contributed by atoms with Gasteiger partial charge < -0.3 is 24.8 Å². The Kier molecular flexibility index (Phi) is 10.8. The average molecular weight is 546 g/mol. The quantitative estimate of drug-likeness (QED) is 0.297. The van der Waals surface area contributed by atoms with E-state index in [1.54, 1.807) is 14.2 Å². The molecule has 0 radical (unpaired) electrons. The topological polar surface area (TPSA) is 67.4 Å². The zero-order chi connectivity index (χ0) is 21.4. The Morgan fingerprint density at radius 2 is 1.80 bits per heavy atom. The Hall–Kier alpha value is -1.63. The molecule has 0 aliphatic carbocycles. The number of aliphatic imine (C=N–C) groups is 1. The molecule has 1 aliphatic rings. The summed E-state index contributed by atoms with van der Waals surface area (Å²) in [6.07, 6.45) is -3.55. The van der Waals surface area contributed by atoms with E-state index in [0.717, 1.165) is 5.56 Å². The van der Waals surface area contributed by atoms with Gasteiger partial charge >= 0.3 is 6.18 Å². The molecule has 0 spiro atoms. The third kappa shape index (κ3) is 7.89. The SMILES string of the molecule is CCNC(=NCc1cc(OC)c(OC)c(OC)c1)NC1CCN(CC(F)(F)F)C1.I. The van der Waals surface area contributed by atoms with Crippen molar-refractivity contribution in [1.29, 1.82) is 0 Å². The molecule has 2 N–H and O–H groups in total. The maximum Gasteiger partial charge on any atom is 0.401 e. The lowest BCUT2D eigenvalue weighted by Crippen LogP contribution is -2.45. The molecule has 2 rings (SSSR count). The lowest BCUT2D eigenvalue weighted by Gasteiger charge is -2.20. The number of alkyl halides is 3. The number of rotatable bonds is 8. The number of benzene rings is 1. The highest BCUT2D eigenvalue weighted by Crippen LogP contribution is 2.38. The zero-order valence-corrected chi connectivity index (χ0v) is 20.0. The summed E-state index contributed by atoms with van der Waals surface area (Å²) in [7, 11) is 4.63. The Morgan fingerprint density at radius 1 is 1.17 bits per heavy atom. The Labute approximate surface area is 192 Å². The van der Waals surface area contributed by atoms with Gasteiger partial charge in [0.2, 0.25) is 5.75 Å². The molecule has 30 heavy (non-hydrogen) atoms. The van der Waals surface area contributed by atoms with Crippen molar-refractivity contribution in [3.05, 3.63) is 17.7 Å². The second-order valence-corrected chi connectivity index (χ2v) is 6.71. The third-order valence-electron chi connectivity index (χ3n) is 4.50. The molecule has 7 nitrogen and oxygen atoms in total. The normalized spacial score (nSPS) is 17.3. The van der Waals surface area contributed by atoms with Crippen molar-refractivity contribution in [2.24, 2.45) is 4.99 Å². The van der Waals surface area contributed by atoms with E-state index in [9.17, 15) is 13.2 Å². The van der Waals surface area contributed by atoms with E-state index in [0.29, 0.717) is 55.8 Å². The summed E-state index contributed by atoms with van der Waals surface area (Å²) in [4.78, 5) is 5.96. The minimum absolute atomic E-state index is 0. The van der Waals surface area contributed by atoms with E-state index in [4.69, 9.17) is 14.2 Å². The van der Waals surface area contributed by atoms with Crippen molar-refractivity contribution in [3.8, 4) is 17.2 Å². The van der Waals surface area contributed by atoms with Crippen LogP contribution in [0.1, 0.15) is 18.9 Å². The van der Waals surface area contributed by atoms with Crippen LogP contribution >= 0.6 is 24.0 Å². The zero-order valence-electron chi connectivity index (χ0n) is 17.6. The van der Waals surface area contributed by atoms with Crippen LogP contribution in [0.15, 0.2) is 17.1 Å². The number of ether oxygens (including phenoxy) is 3. The van der Waals surface area contributed by atoms with Crippen LogP contribution in [0.4, 0.5) is 13.2 Å². The number of halogens is 4. The fourth-order valence-electron chi connectivity index (χ4n) is 3.26. The average Bonchev–Trinajstić information content (AvgIpc) is 3.10. The lowest BCUT2D eigenvalue weighted by atomic mass is 10.2. The van der Waals surface area contributed by atoms with Gasteiger partial charge in [-0.1, -0.05) is 0 Å². The number of hydrogen-bond acceptors (Lipinski definition) is 5. The van der Waals surface area contributed by atoms with Crippen LogP contribution in [-0.2, 0) is 6.54 Å². The van der Waals surface area contributed by atoms with Gasteiger partial charge in [0, 0.05) is 25.7 Å². The molecule has 1 unspecified atom stereocenters. The number of likely N-dealkylation sites (tertiary alicyclic amines) is 1. The van der Waals surface area contributed by atoms with Gasteiger partial charge in [0.15, 0.2) is 17.5 Å². The first-order chi connectivity index (χ1) is 13.8. The number of nitrogens with zero attached hydrogens (tertiary/aromatic N) is 2. The van der Waals surface area contributed by atoms with Gasteiger partial charge in [-0.25, -0.2) is 4.99 Å². The maximum absolute atomic E-state index is 12.6. The number of guanidine groups is 1. The minimum Gasteiger partial charge on any atom is -0.493 e. The van der Waals surface area contributed by atoms with Crippen LogP contribution < -0.4 is 24.8 Å². The van der Waals surface area contributed by atoms with E-state index in [-0.39, 0.29) is 30.0 Å². The predicted octanol–water partition coefficient (Wildman–Crippen LogP) is 3.02. The first kappa shape index (κ1) is 26.4. The van der Waals surface area contributed by atoms with Gasteiger partial charge in [-0.05, 0) is 31.0 Å². The molecular weight excluding hydrogens is 516 g/mol. The number of nitrogens with one attached hydrogen (secondary N) is 2. The fraction of sp³-hybridized carbons (Fsp3) is 0.632. The molecule has 1 heterocycles. The van der Waals surface area contributed by atoms with Crippen molar-refractivity contribution in [3.63, 3.8) is 0 Å². The number of hydrogen-bond donors (Lipinski definition) is 2. The highest BCUT2D eigenvalue weighted by atomic mass is 127. The molecule has 1 fully saturated rings. The monoisotopic (exact) mass is 546 g/mol. The van der Waals surface area contributed by atoms with E-state index in [1.807, 2.05) is 19.1 Å². The summed E-state index contributed by atoms with van der Waals surface area (Å²) in [6, 6.07) is 3.54. The summed E-state index contributed by atoms with van der Waals surface area (Å²) >= 11 is 0. The second-order valence-electron chi connectivity index (χ2n) is 6.71. The Bertz CT molecular complexity index is 679. The highest BCUT2D eigenvalue weighted by molar-refractivity contribution is 14.0. The summed E-state index contributed by atoms with van der Waals surface area (Å²) in [5.41, 5.74) is 0.849. The van der Waals surface area contributed by atoms with Crippen molar-refractivity contribution in [2.75, 3.05) is 47.5 Å². The molecule has 1 aromatic rings. The van der Waals surface area contributed by atoms with Crippen molar-refractivity contribution >= 4 is 29.9 Å². The Balaban J connectivity index is 0.00000450. The van der Waals surface area contributed by atoms with E-state index >= 15 is 0 Å². The molecule has 1 atom stereocenters. The van der Waals surface area contributed by atoms with Crippen LogP contribution in [0.5, 0.6) is 17.2 Å². The summed E-state index contributed by atoms with van der Waals surface area (Å²) in [5, 5.41) is 6.36. The summed E-state index contributed by atoms with van der Waals surface area (Å²) < 4.78 is 53.7. The summed E-state index contributed by atoms with van der Waals surface area (Å²) in [6.45, 7) is 2.76. The molecule has 172 valence electrons. The highest BCUT2D eigenvalue weighted by Gasteiger charge is 2.34. The van der Waals surface area contributed by atoms with Gasteiger partial charge in [-0.2, -0.15) is 13.2 Å². The van der Waals surface area contributed by atoms with Crippen molar-refractivity contribution < 1.29 is 27.4 Å². The first-order valence-corrected chi connectivity index (χ1v) is 9.42. The van der Waals surface area contributed by atoms with E-state index < -0.39 is 12.7 Å². The van der Waals surface area contributed by atoms with Crippen molar-refractivity contribution in [2.45, 2.75) is 32.1 Å². The smallest absolute Gasteiger partial charge is 0.401 e. The van der Waals surface area contributed by atoms with Crippen LogP contribution in [0, 0.1) is 0 Å². The van der Waals surface area contributed by atoms with Crippen LogP contribution in [0.3, 0.4) is 0 Å². The second kappa shape index (κ2) is 12.3. The van der Waals surface area contributed by atoms with Gasteiger partial charge in [0.05, 0.1) is 34.4 Å². The standard InChI is InChI=1S/C19H29F3N4O3.HI/c1-5-23-18(25-14-6-7-26(11-14)12-19(20,21)22)24-10-13-8-15(27-2)17(29-4)16(9-13)28-3;/h8-9,14H,5-7,10-12H2,1-4H3,(H2,23,24,25);1H. The van der Waals surface area contributed by atoms with Gasteiger partial charge in [0.1, 0.15) is 0 Å². The molecule has 1 aliphatic heterocycles. The maximum atomic E-state index is 12.6. The molecular formula is C19H30F3IN4O3. The molecule has 0 aromatic heterocycles. The molecule has 1 aromatic carbocycles. The molecule has 0 bridgehead atoms. The number of methoxy groups -OCH3 is 3. The summed E-state index contributed by atoms with van der Waals surface area (Å²) in [5.74, 6) is 2.13. The predicted molar refractivity (Wildman–Crippen MR) is 120 cm³/mol. The molecule has 0 amide bonds. The first-order valence-electron chi connectivity index (χ1n) is 9.42. The van der Waals surface area contributed by atoms with Crippen LogP contribution in [0.2, 0.25) is 0 Å². The molecule has 11 heteroatoms. The largest absolute Gasteiger partial charge is 0.493 e. The fourth-order valence-corrected chi connectivity index (χ4v) is 3.26. The van der Waals surface area contributed by atoms with E-state index in [2.05, 4.69) is 15.6 Å². The third-order valence-corrected chi connectivity index (χ3v) is 4.50. The molecule has 0 saturated carbocycles. The van der Waals surface area contributed by atoms with Gasteiger partial charge in [-0.15, -0.1) is 24.0 Å². The lowest BCUT2D eigenvalue weighted by molar-refractivity contribution is -0.143. The van der Waals surface area contributed by atoms with Crippen molar-refractivity contribution in [1.82, 2.24) is 15.5 Å². The Morgan fingerprint density at radius 3 is 2.30 bits per heavy atom. The van der Waals surface area contributed by atoms with E-state index in [1.165, 1.54) is 12.0 Å². The molecule has 1 saturated heterocycles. The van der Waals surface area contributed by atoms with Gasteiger partial charge in [0.25, 0.3) is 0 Å². The van der Waals surface area contributed by atoms with Gasteiger partial charge in [-0.3, -0.25) is 4.90 Å². The van der Waals surface area contributed by atoms with Crippen LogP contribution in [0.25, 0.3) is 0 Å². The van der Waals surface area contributed by atoms with Crippen LogP contribution in [-0.4, -0.2) is 70.6 Å².